The molecule has 0 saturated heterocycles. The fourth-order valence-electron chi connectivity index (χ4n) is 2.96. The Kier molecular flexibility index (Phi) is 6.00. The number of halogens is 1. The first-order chi connectivity index (χ1) is 13.3. The summed E-state index contributed by atoms with van der Waals surface area (Å²) in [5.74, 6) is -0.970. The first kappa shape index (κ1) is 20.3. The monoisotopic (exact) mass is 462 g/mol. The molecule has 6 nitrogen and oxygen atoms in total. The highest BCUT2D eigenvalue weighted by Gasteiger charge is 2.24. The van der Waals surface area contributed by atoms with Gasteiger partial charge in [-0.2, -0.15) is 0 Å². The third-order valence-corrected chi connectivity index (χ3v) is 5.80. The highest BCUT2D eigenvalue weighted by Crippen LogP contribution is 2.34. The van der Waals surface area contributed by atoms with Crippen LogP contribution < -0.4 is 10.9 Å². The van der Waals surface area contributed by atoms with Gasteiger partial charge in [-0.25, -0.2) is 4.79 Å². The zero-order chi connectivity index (χ0) is 20.4. The van der Waals surface area contributed by atoms with Crippen LogP contribution in [0.1, 0.15) is 45.0 Å². The maximum Gasteiger partial charge on any atom is 0.341 e. The van der Waals surface area contributed by atoms with Gasteiger partial charge in [0.2, 0.25) is 5.55 Å². The average Bonchev–Trinajstić information content (AvgIpc) is 2.96. The molecule has 0 unspecified atom stereocenters. The number of carbonyl (C=O) groups is 2. The zero-order valence-electron chi connectivity index (χ0n) is 15.6. The SMILES string of the molecule is CCOC(=O)c1c(NC(=O)c2cc3cc(Br)ccc3oc2=N)sc(C)c1CC. The molecule has 0 fully saturated rings. The van der Waals surface area contributed by atoms with Crippen molar-refractivity contribution in [3.63, 3.8) is 0 Å². The van der Waals surface area contributed by atoms with Crippen molar-refractivity contribution in [3.05, 3.63) is 55.9 Å². The second-order valence-electron chi connectivity index (χ2n) is 6.04. The summed E-state index contributed by atoms with van der Waals surface area (Å²) < 4.78 is 11.5. The maximum absolute atomic E-state index is 12.9. The van der Waals surface area contributed by atoms with Gasteiger partial charge < -0.3 is 14.5 Å². The van der Waals surface area contributed by atoms with E-state index in [4.69, 9.17) is 14.6 Å². The van der Waals surface area contributed by atoms with E-state index in [-0.39, 0.29) is 17.7 Å². The van der Waals surface area contributed by atoms with Gasteiger partial charge in [-0.3, -0.25) is 10.2 Å². The number of hydrogen-bond donors (Lipinski definition) is 2. The van der Waals surface area contributed by atoms with Gasteiger partial charge in [-0.15, -0.1) is 11.3 Å². The number of nitrogens with one attached hydrogen (secondary N) is 2. The summed E-state index contributed by atoms with van der Waals surface area (Å²) in [6, 6.07) is 6.95. The predicted molar refractivity (Wildman–Crippen MR) is 112 cm³/mol. The standard InChI is InChI=1S/C20H19BrN2O4S/c1-4-13-10(3)28-19(16(13)20(25)26-5-2)23-18(24)14-9-11-8-12(21)6-7-15(11)27-17(14)22/h6-9,22H,4-5H2,1-3H3,(H,23,24). The lowest BCUT2D eigenvalue weighted by molar-refractivity contribution is 0.0527. The molecule has 2 aromatic heterocycles. The molecule has 0 aliphatic rings. The van der Waals surface area contributed by atoms with Gasteiger partial charge >= 0.3 is 5.97 Å². The van der Waals surface area contributed by atoms with E-state index >= 15 is 0 Å². The fourth-order valence-corrected chi connectivity index (χ4v) is 4.47. The number of anilines is 1. The molecule has 28 heavy (non-hydrogen) atoms. The summed E-state index contributed by atoms with van der Waals surface area (Å²) >= 11 is 4.71. The Bertz CT molecular complexity index is 1130. The Balaban J connectivity index is 2.02. The Labute approximate surface area is 174 Å². The van der Waals surface area contributed by atoms with Crippen molar-refractivity contribution in [2.45, 2.75) is 27.2 Å². The van der Waals surface area contributed by atoms with Crippen molar-refractivity contribution in [1.29, 1.82) is 5.41 Å². The molecule has 8 heteroatoms. The number of rotatable bonds is 5. The second-order valence-corrected chi connectivity index (χ2v) is 8.18. The van der Waals surface area contributed by atoms with Gasteiger partial charge in [-0.1, -0.05) is 22.9 Å². The summed E-state index contributed by atoms with van der Waals surface area (Å²) in [5.41, 5.74) is 1.60. The highest BCUT2D eigenvalue weighted by molar-refractivity contribution is 9.10. The van der Waals surface area contributed by atoms with Crippen LogP contribution in [0.5, 0.6) is 0 Å². The largest absolute Gasteiger partial charge is 0.462 e. The molecule has 0 aliphatic carbocycles. The summed E-state index contributed by atoms with van der Waals surface area (Å²) in [5, 5.41) is 11.9. The molecule has 0 saturated carbocycles. The molecular weight excluding hydrogens is 444 g/mol. The number of carbonyl (C=O) groups excluding carboxylic acids is 2. The van der Waals surface area contributed by atoms with Crippen molar-refractivity contribution in [2.75, 3.05) is 11.9 Å². The van der Waals surface area contributed by atoms with Crippen LogP contribution in [0, 0.1) is 12.3 Å². The molecule has 0 radical (unpaired) electrons. The topological polar surface area (TPSA) is 92.4 Å². The van der Waals surface area contributed by atoms with E-state index in [0.717, 1.165) is 14.9 Å². The third kappa shape index (κ3) is 3.88. The number of amides is 1. The lowest BCUT2D eigenvalue weighted by Crippen LogP contribution is -2.21. The number of hydrogen-bond acceptors (Lipinski definition) is 6. The van der Waals surface area contributed by atoms with Gasteiger partial charge in [0.25, 0.3) is 5.91 Å². The first-order valence-corrected chi connectivity index (χ1v) is 10.3. The third-order valence-electron chi connectivity index (χ3n) is 4.24. The summed E-state index contributed by atoms with van der Waals surface area (Å²) in [6.07, 6.45) is 0.648. The second kappa shape index (κ2) is 8.28. The number of thiophene rings is 1. The molecule has 1 aromatic carbocycles. The average molecular weight is 463 g/mol. The molecular formula is C20H19BrN2O4S. The van der Waals surface area contributed by atoms with Gasteiger partial charge in [0, 0.05) is 14.7 Å². The minimum atomic E-state index is -0.509. The molecule has 0 spiro atoms. The van der Waals surface area contributed by atoms with E-state index in [1.165, 1.54) is 11.3 Å². The lowest BCUT2D eigenvalue weighted by Gasteiger charge is -2.08. The van der Waals surface area contributed by atoms with Crippen LogP contribution in [0.2, 0.25) is 0 Å². The van der Waals surface area contributed by atoms with E-state index in [0.29, 0.717) is 28.0 Å². The van der Waals surface area contributed by atoms with Crippen LogP contribution >= 0.6 is 27.3 Å². The first-order valence-electron chi connectivity index (χ1n) is 8.74. The van der Waals surface area contributed by atoms with Gasteiger partial charge in [0.1, 0.15) is 16.1 Å². The van der Waals surface area contributed by atoms with Crippen molar-refractivity contribution >= 4 is 55.1 Å². The smallest absolute Gasteiger partial charge is 0.341 e. The zero-order valence-corrected chi connectivity index (χ0v) is 18.0. The number of ether oxygens (including phenoxy) is 1. The van der Waals surface area contributed by atoms with Crippen LogP contribution in [0.3, 0.4) is 0 Å². The predicted octanol–water partition coefficient (Wildman–Crippen LogP) is 5.04. The van der Waals surface area contributed by atoms with Crippen LogP contribution in [-0.2, 0) is 11.2 Å². The Hall–Kier alpha value is -2.45. The Morgan fingerprint density at radius 2 is 2.04 bits per heavy atom. The van der Waals surface area contributed by atoms with Crippen LogP contribution in [0.4, 0.5) is 5.00 Å². The van der Waals surface area contributed by atoms with E-state index in [1.54, 1.807) is 25.1 Å². The minimum absolute atomic E-state index is 0.0875. The summed E-state index contributed by atoms with van der Waals surface area (Å²) in [7, 11) is 0. The molecule has 146 valence electrons. The number of esters is 1. The molecule has 0 atom stereocenters. The van der Waals surface area contributed by atoms with Crippen molar-refractivity contribution < 1.29 is 18.7 Å². The van der Waals surface area contributed by atoms with E-state index < -0.39 is 11.9 Å². The molecule has 2 N–H and O–H groups in total. The normalized spacial score (nSPS) is 10.9. The summed E-state index contributed by atoms with van der Waals surface area (Å²) in [6.45, 7) is 5.84. The highest BCUT2D eigenvalue weighted by atomic mass is 79.9. The minimum Gasteiger partial charge on any atom is -0.462 e. The Morgan fingerprint density at radius 1 is 1.29 bits per heavy atom. The molecule has 2 heterocycles. The fraction of sp³-hybridized carbons (Fsp3) is 0.250. The molecule has 3 aromatic rings. The van der Waals surface area contributed by atoms with Crippen molar-refractivity contribution in [3.8, 4) is 0 Å². The van der Waals surface area contributed by atoms with E-state index in [9.17, 15) is 9.59 Å². The maximum atomic E-state index is 12.9. The number of aryl methyl sites for hydroxylation is 1. The summed E-state index contributed by atoms with van der Waals surface area (Å²) in [4.78, 5) is 26.2. The van der Waals surface area contributed by atoms with Gasteiger partial charge in [0.15, 0.2) is 0 Å². The molecule has 0 bridgehead atoms. The van der Waals surface area contributed by atoms with Gasteiger partial charge in [0.05, 0.1) is 12.2 Å². The molecule has 3 rings (SSSR count). The molecule has 1 amide bonds. The molecule has 0 aliphatic heterocycles. The van der Waals surface area contributed by atoms with Gasteiger partial charge in [-0.05, 0) is 50.1 Å². The number of benzene rings is 1. The van der Waals surface area contributed by atoms with Crippen molar-refractivity contribution in [2.24, 2.45) is 0 Å². The van der Waals surface area contributed by atoms with E-state index in [2.05, 4.69) is 21.2 Å². The van der Waals surface area contributed by atoms with Crippen LogP contribution in [0.25, 0.3) is 11.0 Å². The number of fused-ring (bicyclic) bond motifs is 1. The van der Waals surface area contributed by atoms with Crippen LogP contribution in [-0.4, -0.2) is 18.5 Å². The van der Waals surface area contributed by atoms with Crippen LogP contribution in [0.15, 0.2) is 33.2 Å². The van der Waals surface area contributed by atoms with Crippen molar-refractivity contribution in [1.82, 2.24) is 0 Å². The Morgan fingerprint density at radius 3 is 2.71 bits per heavy atom. The quantitative estimate of drug-likeness (QED) is 0.519. The van der Waals surface area contributed by atoms with E-state index in [1.807, 2.05) is 19.9 Å². The lowest BCUT2D eigenvalue weighted by atomic mass is 10.1.